The van der Waals surface area contributed by atoms with E-state index in [1.165, 1.54) is 0 Å². The smallest absolute Gasteiger partial charge is 0.241 e. The second-order valence-corrected chi connectivity index (χ2v) is 5.76. The van der Waals surface area contributed by atoms with Gasteiger partial charge in [-0.1, -0.05) is 36.5 Å². The van der Waals surface area contributed by atoms with E-state index in [0.29, 0.717) is 21.7 Å². The molecule has 0 radical (unpaired) electrons. The van der Waals surface area contributed by atoms with Gasteiger partial charge in [-0.3, -0.25) is 4.79 Å². The molecule has 2 unspecified atom stereocenters. The van der Waals surface area contributed by atoms with Crippen LogP contribution in [0.15, 0.2) is 18.2 Å². The second kappa shape index (κ2) is 6.60. The van der Waals surface area contributed by atoms with Gasteiger partial charge in [0, 0.05) is 5.02 Å². The zero-order valence-corrected chi connectivity index (χ0v) is 12.4. The Bertz CT molecular complexity index is 465. The fourth-order valence-corrected chi connectivity index (χ4v) is 2.72. The summed E-state index contributed by atoms with van der Waals surface area (Å²) < 4.78 is 0. The van der Waals surface area contributed by atoms with E-state index in [-0.39, 0.29) is 11.9 Å². The summed E-state index contributed by atoms with van der Waals surface area (Å²) in [6, 6.07) is 4.91. The molecule has 0 aromatic heterocycles. The Morgan fingerprint density at radius 3 is 3.00 bits per heavy atom. The van der Waals surface area contributed by atoms with Gasteiger partial charge in [-0.25, -0.2) is 0 Å². The van der Waals surface area contributed by atoms with E-state index < -0.39 is 0 Å². The van der Waals surface area contributed by atoms with Crippen molar-refractivity contribution in [1.82, 2.24) is 5.32 Å². The lowest BCUT2D eigenvalue weighted by Gasteiger charge is -2.28. The molecule has 19 heavy (non-hydrogen) atoms. The topological polar surface area (TPSA) is 41.1 Å². The minimum Gasteiger partial charge on any atom is -0.323 e. The Morgan fingerprint density at radius 2 is 2.26 bits per heavy atom. The summed E-state index contributed by atoms with van der Waals surface area (Å²) in [4.78, 5) is 12.2. The third kappa shape index (κ3) is 3.85. The number of anilines is 1. The van der Waals surface area contributed by atoms with Gasteiger partial charge in [0.15, 0.2) is 0 Å². The molecule has 0 bridgehead atoms. The minimum atomic E-state index is -0.145. The van der Waals surface area contributed by atoms with Crippen LogP contribution in [0.4, 0.5) is 5.69 Å². The molecule has 1 aliphatic heterocycles. The SMILES string of the molecule is CCC1CCNC(C(=O)Nc2cc(Cl)ccc2Cl)C1. The molecule has 0 saturated carbocycles. The monoisotopic (exact) mass is 300 g/mol. The number of halogens is 2. The fourth-order valence-electron chi connectivity index (χ4n) is 2.38. The standard InChI is InChI=1S/C14H18Cl2N2O/c1-2-9-5-6-17-13(7-9)14(19)18-12-8-10(15)3-4-11(12)16/h3-4,8-9,13,17H,2,5-7H2,1H3,(H,18,19). The molecule has 3 nitrogen and oxygen atoms in total. The lowest BCUT2D eigenvalue weighted by atomic mass is 9.90. The predicted molar refractivity (Wildman–Crippen MR) is 79.9 cm³/mol. The summed E-state index contributed by atoms with van der Waals surface area (Å²) in [5, 5.41) is 7.16. The molecule has 2 atom stereocenters. The fraction of sp³-hybridized carbons (Fsp3) is 0.500. The highest BCUT2D eigenvalue weighted by molar-refractivity contribution is 6.35. The maximum absolute atomic E-state index is 12.2. The van der Waals surface area contributed by atoms with E-state index in [9.17, 15) is 4.79 Å². The number of benzene rings is 1. The van der Waals surface area contributed by atoms with Crippen LogP contribution in [0.3, 0.4) is 0 Å². The van der Waals surface area contributed by atoms with Gasteiger partial charge in [0.25, 0.3) is 0 Å². The maximum atomic E-state index is 12.2. The highest BCUT2D eigenvalue weighted by Gasteiger charge is 2.26. The van der Waals surface area contributed by atoms with Crippen LogP contribution in [0.1, 0.15) is 26.2 Å². The van der Waals surface area contributed by atoms with E-state index in [4.69, 9.17) is 23.2 Å². The van der Waals surface area contributed by atoms with E-state index in [1.54, 1.807) is 18.2 Å². The third-order valence-corrected chi connectivity index (χ3v) is 4.16. The molecule has 0 aliphatic carbocycles. The van der Waals surface area contributed by atoms with Crippen LogP contribution >= 0.6 is 23.2 Å². The molecular weight excluding hydrogens is 283 g/mol. The first-order chi connectivity index (χ1) is 9.10. The van der Waals surface area contributed by atoms with Crippen molar-refractivity contribution >= 4 is 34.8 Å². The van der Waals surface area contributed by atoms with Gasteiger partial charge in [0.1, 0.15) is 0 Å². The van der Waals surface area contributed by atoms with Crippen molar-refractivity contribution in [1.29, 1.82) is 0 Å². The molecule has 1 aromatic rings. The minimum absolute atomic E-state index is 0.0395. The summed E-state index contributed by atoms with van der Waals surface area (Å²) in [6.45, 7) is 3.05. The Balaban J connectivity index is 2.02. The molecule has 2 N–H and O–H groups in total. The summed E-state index contributed by atoms with van der Waals surface area (Å²) in [5.41, 5.74) is 0.569. The average Bonchev–Trinajstić information content (AvgIpc) is 2.43. The van der Waals surface area contributed by atoms with Crippen LogP contribution in [0.2, 0.25) is 10.0 Å². The Hall–Kier alpha value is -0.770. The number of hydrogen-bond acceptors (Lipinski definition) is 2. The van der Waals surface area contributed by atoms with Gasteiger partial charge in [-0.15, -0.1) is 0 Å². The quantitative estimate of drug-likeness (QED) is 0.893. The Kier molecular flexibility index (Phi) is 5.08. The van der Waals surface area contributed by atoms with E-state index in [2.05, 4.69) is 17.6 Å². The molecule has 1 heterocycles. The zero-order chi connectivity index (χ0) is 13.8. The summed E-state index contributed by atoms with van der Waals surface area (Å²) >= 11 is 11.9. The van der Waals surface area contributed by atoms with Crippen molar-refractivity contribution in [2.24, 2.45) is 5.92 Å². The normalized spacial score (nSPS) is 23.1. The van der Waals surface area contributed by atoms with Crippen LogP contribution in [0.25, 0.3) is 0 Å². The van der Waals surface area contributed by atoms with Gasteiger partial charge in [-0.05, 0) is 43.5 Å². The highest BCUT2D eigenvalue weighted by atomic mass is 35.5. The molecule has 1 saturated heterocycles. The maximum Gasteiger partial charge on any atom is 0.241 e. The first kappa shape index (κ1) is 14.6. The number of nitrogens with one attached hydrogen (secondary N) is 2. The second-order valence-electron chi connectivity index (χ2n) is 4.92. The number of rotatable bonds is 3. The zero-order valence-electron chi connectivity index (χ0n) is 10.9. The third-order valence-electron chi connectivity index (χ3n) is 3.59. The summed E-state index contributed by atoms with van der Waals surface area (Å²) in [7, 11) is 0. The highest BCUT2D eigenvalue weighted by Crippen LogP contribution is 2.26. The van der Waals surface area contributed by atoms with E-state index in [0.717, 1.165) is 25.8 Å². The van der Waals surface area contributed by atoms with Crippen LogP contribution in [0.5, 0.6) is 0 Å². The first-order valence-electron chi connectivity index (χ1n) is 6.59. The number of hydrogen-bond donors (Lipinski definition) is 2. The number of carbonyl (C=O) groups is 1. The number of carbonyl (C=O) groups excluding carboxylic acids is 1. The molecule has 1 fully saturated rings. The molecule has 0 spiro atoms. The lowest BCUT2D eigenvalue weighted by Crippen LogP contribution is -2.46. The Morgan fingerprint density at radius 1 is 1.47 bits per heavy atom. The van der Waals surface area contributed by atoms with Gasteiger partial charge >= 0.3 is 0 Å². The number of amides is 1. The van der Waals surface area contributed by atoms with Crippen molar-refractivity contribution in [3.05, 3.63) is 28.2 Å². The predicted octanol–water partition coefficient (Wildman–Crippen LogP) is 3.71. The van der Waals surface area contributed by atoms with Crippen LogP contribution in [-0.2, 0) is 4.79 Å². The molecule has 2 rings (SSSR count). The summed E-state index contributed by atoms with van der Waals surface area (Å²) in [6.07, 6.45) is 3.13. The first-order valence-corrected chi connectivity index (χ1v) is 7.35. The lowest BCUT2D eigenvalue weighted by molar-refractivity contribution is -0.119. The van der Waals surface area contributed by atoms with E-state index >= 15 is 0 Å². The van der Waals surface area contributed by atoms with Crippen molar-refractivity contribution in [2.75, 3.05) is 11.9 Å². The molecule has 1 aromatic carbocycles. The van der Waals surface area contributed by atoms with Crippen LogP contribution < -0.4 is 10.6 Å². The van der Waals surface area contributed by atoms with Gasteiger partial charge in [0.05, 0.1) is 16.8 Å². The molecule has 104 valence electrons. The van der Waals surface area contributed by atoms with Crippen molar-refractivity contribution in [3.8, 4) is 0 Å². The van der Waals surface area contributed by atoms with Gasteiger partial charge in [0.2, 0.25) is 5.91 Å². The molecule has 1 amide bonds. The molecular formula is C14H18Cl2N2O. The van der Waals surface area contributed by atoms with Crippen molar-refractivity contribution < 1.29 is 4.79 Å². The largest absolute Gasteiger partial charge is 0.323 e. The van der Waals surface area contributed by atoms with Crippen molar-refractivity contribution in [2.45, 2.75) is 32.2 Å². The average molecular weight is 301 g/mol. The van der Waals surface area contributed by atoms with Gasteiger partial charge in [-0.2, -0.15) is 0 Å². The summed E-state index contributed by atoms with van der Waals surface area (Å²) in [5.74, 6) is 0.578. The van der Waals surface area contributed by atoms with Crippen LogP contribution in [0, 0.1) is 5.92 Å². The van der Waals surface area contributed by atoms with Gasteiger partial charge < -0.3 is 10.6 Å². The Labute approximate surface area is 123 Å². The molecule has 1 aliphatic rings. The van der Waals surface area contributed by atoms with Crippen LogP contribution in [-0.4, -0.2) is 18.5 Å². The molecule has 5 heteroatoms. The van der Waals surface area contributed by atoms with E-state index in [1.807, 2.05) is 0 Å². The van der Waals surface area contributed by atoms with Crippen molar-refractivity contribution in [3.63, 3.8) is 0 Å². The number of piperidine rings is 1.